The molecule has 0 radical (unpaired) electrons. The van der Waals surface area contributed by atoms with E-state index in [2.05, 4.69) is 45.1 Å². The van der Waals surface area contributed by atoms with Crippen LogP contribution in [0.3, 0.4) is 0 Å². The number of nitrogens with zero attached hydrogens (tertiary/aromatic N) is 2. The average Bonchev–Trinajstić information content (AvgIpc) is 2.87. The molecule has 2 rings (SSSR count). The van der Waals surface area contributed by atoms with Gasteiger partial charge in [0.25, 0.3) is 0 Å². The van der Waals surface area contributed by atoms with Gasteiger partial charge in [-0.1, -0.05) is 34.4 Å². The molecule has 2 N–H and O–H groups in total. The smallest absolute Gasteiger partial charge is 0.243 e. The summed E-state index contributed by atoms with van der Waals surface area (Å²) >= 11 is 5.09. The Hall–Kier alpha value is -0.850. The Morgan fingerprint density at radius 3 is 2.79 bits per heavy atom. The van der Waals surface area contributed by atoms with E-state index in [1.807, 2.05) is 12.1 Å². The molecule has 1 atom stereocenters. The topological polar surface area (TPSA) is 64.9 Å². The summed E-state index contributed by atoms with van der Waals surface area (Å²) in [5.41, 5.74) is 5.93. The first-order valence-electron chi connectivity index (χ1n) is 6.15. The van der Waals surface area contributed by atoms with Crippen molar-refractivity contribution in [1.82, 2.24) is 10.1 Å². The summed E-state index contributed by atoms with van der Waals surface area (Å²) in [5, 5.41) is 3.96. The van der Waals surface area contributed by atoms with Crippen molar-refractivity contribution in [3.05, 3.63) is 40.5 Å². The maximum atomic E-state index is 5.93. The van der Waals surface area contributed by atoms with Crippen molar-refractivity contribution in [3.8, 4) is 0 Å². The number of hydrogen-bond acceptors (Lipinski definition) is 5. The largest absolute Gasteiger partial charge is 0.338 e. The minimum Gasteiger partial charge on any atom is -0.338 e. The second kappa shape index (κ2) is 7.07. The first-order valence-corrected chi connectivity index (χ1v) is 7.93. The van der Waals surface area contributed by atoms with E-state index in [-0.39, 0.29) is 6.04 Å². The van der Waals surface area contributed by atoms with Crippen LogP contribution >= 0.6 is 27.7 Å². The molecule has 6 heteroatoms. The minimum absolute atomic E-state index is 0.149. The maximum absolute atomic E-state index is 5.93. The van der Waals surface area contributed by atoms with Gasteiger partial charge in [-0.3, -0.25) is 0 Å². The Morgan fingerprint density at radius 2 is 2.11 bits per heavy atom. The maximum Gasteiger partial charge on any atom is 0.243 e. The molecule has 102 valence electrons. The molecule has 0 saturated carbocycles. The standard InChI is InChI=1S/C13H16BrN3OS/c1-2-3-11(15)13-16-12(17-18-13)8-19-10-6-4-9(14)5-7-10/h4-7,11H,2-3,8,15H2,1H3/t11-/m1/s1. The van der Waals surface area contributed by atoms with Gasteiger partial charge in [-0.25, -0.2) is 0 Å². The van der Waals surface area contributed by atoms with E-state index < -0.39 is 0 Å². The van der Waals surface area contributed by atoms with Crippen molar-refractivity contribution >= 4 is 27.7 Å². The highest BCUT2D eigenvalue weighted by atomic mass is 79.9. The molecule has 1 aromatic heterocycles. The van der Waals surface area contributed by atoms with Gasteiger partial charge in [0.05, 0.1) is 11.8 Å². The molecule has 2 aromatic rings. The number of hydrogen-bond donors (Lipinski definition) is 1. The molecule has 0 fully saturated rings. The third-order valence-corrected chi connectivity index (χ3v) is 4.12. The fourth-order valence-electron chi connectivity index (χ4n) is 1.59. The van der Waals surface area contributed by atoms with Gasteiger partial charge < -0.3 is 10.3 Å². The van der Waals surface area contributed by atoms with Gasteiger partial charge >= 0.3 is 0 Å². The predicted octanol–water partition coefficient (Wildman–Crippen LogP) is 3.92. The number of nitrogens with two attached hydrogens (primary N) is 1. The van der Waals surface area contributed by atoms with Crippen LogP contribution in [0.5, 0.6) is 0 Å². The number of rotatable bonds is 6. The van der Waals surface area contributed by atoms with Gasteiger partial charge in [-0.05, 0) is 30.7 Å². The first-order chi connectivity index (χ1) is 9.19. The second-order valence-corrected chi connectivity index (χ2v) is 6.15. The van der Waals surface area contributed by atoms with Gasteiger partial charge in [-0.2, -0.15) is 4.98 Å². The van der Waals surface area contributed by atoms with Crippen molar-refractivity contribution in [2.24, 2.45) is 5.73 Å². The van der Waals surface area contributed by atoms with E-state index in [0.717, 1.165) is 17.3 Å². The molecular formula is C13H16BrN3OS. The van der Waals surface area contributed by atoms with Crippen molar-refractivity contribution in [3.63, 3.8) is 0 Å². The molecule has 1 aromatic carbocycles. The molecule has 0 amide bonds. The van der Waals surface area contributed by atoms with Crippen molar-refractivity contribution in [2.45, 2.75) is 36.5 Å². The van der Waals surface area contributed by atoms with Gasteiger partial charge in [0.2, 0.25) is 5.89 Å². The molecule has 0 spiro atoms. The Labute approximate surface area is 125 Å². The summed E-state index contributed by atoms with van der Waals surface area (Å²) in [5.74, 6) is 1.91. The minimum atomic E-state index is -0.149. The van der Waals surface area contributed by atoms with Crippen LogP contribution in [0.2, 0.25) is 0 Å². The normalized spacial score (nSPS) is 12.6. The lowest BCUT2D eigenvalue weighted by Gasteiger charge is -2.02. The predicted molar refractivity (Wildman–Crippen MR) is 79.8 cm³/mol. The lowest BCUT2D eigenvalue weighted by atomic mass is 10.2. The molecular weight excluding hydrogens is 326 g/mol. The van der Waals surface area contributed by atoms with Crippen LogP contribution in [0.15, 0.2) is 38.2 Å². The summed E-state index contributed by atoms with van der Waals surface area (Å²) in [7, 11) is 0. The van der Waals surface area contributed by atoms with Gasteiger partial charge in [-0.15, -0.1) is 11.8 Å². The zero-order chi connectivity index (χ0) is 13.7. The Kier molecular flexibility index (Phi) is 5.42. The fourth-order valence-corrected chi connectivity index (χ4v) is 2.60. The van der Waals surface area contributed by atoms with Crippen LogP contribution in [0, 0.1) is 0 Å². The molecule has 0 saturated heterocycles. The summed E-state index contributed by atoms with van der Waals surface area (Å²) in [6.45, 7) is 2.08. The van der Waals surface area contributed by atoms with Crippen LogP contribution in [0.4, 0.5) is 0 Å². The number of aromatic nitrogens is 2. The molecule has 0 aliphatic carbocycles. The lowest BCUT2D eigenvalue weighted by molar-refractivity contribution is 0.345. The first kappa shape index (κ1) is 14.6. The average molecular weight is 342 g/mol. The molecule has 0 bridgehead atoms. The van der Waals surface area contributed by atoms with Gasteiger partial charge in [0.1, 0.15) is 0 Å². The van der Waals surface area contributed by atoms with Crippen molar-refractivity contribution < 1.29 is 4.52 Å². The molecule has 19 heavy (non-hydrogen) atoms. The number of thioether (sulfide) groups is 1. The van der Waals surface area contributed by atoms with Crippen LogP contribution < -0.4 is 5.73 Å². The monoisotopic (exact) mass is 341 g/mol. The highest BCUT2D eigenvalue weighted by molar-refractivity contribution is 9.10. The van der Waals surface area contributed by atoms with Crippen LogP contribution in [-0.2, 0) is 5.75 Å². The Bertz CT molecular complexity index is 515. The lowest BCUT2D eigenvalue weighted by Crippen LogP contribution is -2.10. The summed E-state index contributed by atoms with van der Waals surface area (Å²) in [6.07, 6.45) is 1.87. The zero-order valence-electron chi connectivity index (χ0n) is 10.7. The van der Waals surface area contributed by atoms with Crippen molar-refractivity contribution in [2.75, 3.05) is 0 Å². The molecule has 0 unspecified atom stereocenters. The summed E-state index contributed by atoms with van der Waals surface area (Å²) < 4.78 is 6.25. The van der Waals surface area contributed by atoms with E-state index in [0.29, 0.717) is 17.5 Å². The fraction of sp³-hybridized carbons (Fsp3) is 0.385. The van der Waals surface area contributed by atoms with Crippen LogP contribution in [0.25, 0.3) is 0 Å². The van der Waals surface area contributed by atoms with Crippen molar-refractivity contribution in [1.29, 1.82) is 0 Å². The van der Waals surface area contributed by atoms with Gasteiger partial charge in [0, 0.05) is 9.37 Å². The Balaban J connectivity index is 1.91. The Morgan fingerprint density at radius 1 is 1.37 bits per heavy atom. The van der Waals surface area contributed by atoms with E-state index in [1.54, 1.807) is 11.8 Å². The van der Waals surface area contributed by atoms with Gasteiger partial charge in [0.15, 0.2) is 5.82 Å². The molecule has 0 aliphatic rings. The summed E-state index contributed by atoms with van der Waals surface area (Å²) in [4.78, 5) is 5.50. The van der Waals surface area contributed by atoms with E-state index in [9.17, 15) is 0 Å². The van der Waals surface area contributed by atoms with Crippen LogP contribution in [0.1, 0.15) is 37.5 Å². The van der Waals surface area contributed by atoms with E-state index in [4.69, 9.17) is 10.3 Å². The number of benzene rings is 1. The highest BCUT2D eigenvalue weighted by Gasteiger charge is 2.13. The van der Waals surface area contributed by atoms with E-state index >= 15 is 0 Å². The highest BCUT2D eigenvalue weighted by Crippen LogP contribution is 2.24. The molecule has 1 heterocycles. The third kappa shape index (κ3) is 4.33. The third-order valence-electron chi connectivity index (χ3n) is 2.58. The quantitative estimate of drug-likeness (QED) is 0.806. The second-order valence-electron chi connectivity index (χ2n) is 4.19. The number of halogens is 1. The molecule has 0 aliphatic heterocycles. The zero-order valence-corrected chi connectivity index (χ0v) is 13.1. The van der Waals surface area contributed by atoms with E-state index in [1.165, 1.54) is 4.90 Å². The van der Waals surface area contributed by atoms with Crippen LogP contribution in [-0.4, -0.2) is 10.1 Å². The SMILES string of the molecule is CCC[C@@H](N)c1nc(CSc2ccc(Br)cc2)no1. The summed E-state index contributed by atoms with van der Waals surface area (Å²) in [6, 6.07) is 7.99. The molecule has 4 nitrogen and oxygen atoms in total.